The third-order valence-corrected chi connectivity index (χ3v) is 8.22. The number of nitrogens with one attached hydrogen (secondary N) is 2. The van der Waals surface area contributed by atoms with Gasteiger partial charge in [-0.15, -0.1) is 0 Å². The Labute approximate surface area is 257 Å². The van der Waals surface area contributed by atoms with Crippen molar-refractivity contribution in [3.8, 4) is 0 Å². The maximum absolute atomic E-state index is 13.2. The van der Waals surface area contributed by atoms with E-state index in [4.69, 9.17) is 14.7 Å². The smallest absolute Gasteiger partial charge is 0.242 e. The monoisotopic (exact) mass is 596 g/mol. The molecule has 2 aliphatic carbocycles. The highest BCUT2D eigenvalue weighted by atomic mass is 16.5. The minimum absolute atomic E-state index is 0.0872. The predicted molar refractivity (Wildman–Crippen MR) is 170 cm³/mol. The van der Waals surface area contributed by atoms with Crippen molar-refractivity contribution in [2.75, 3.05) is 49.3 Å². The van der Waals surface area contributed by atoms with Crippen molar-refractivity contribution in [3.63, 3.8) is 0 Å². The number of ether oxygens (including phenoxy) is 1. The van der Waals surface area contributed by atoms with Crippen molar-refractivity contribution < 1.29 is 14.3 Å². The zero-order chi connectivity index (χ0) is 30.6. The van der Waals surface area contributed by atoms with Crippen molar-refractivity contribution in [3.05, 3.63) is 77.5 Å². The van der Waals surface area contributed by atoms with Gasteiger partial charge in [-0.25, -0.2) is 15.0 Å². The van der Waals surface area contributed by atoms with Crippen LogP contribution in [0.3, 0.4) is 0 Å². The molecule has 0 saturated heterocycles. The Morgan fingerprint density at radius 2 is 1.82 bits per heavy atom. The molecule has 0 bridgehead atoms. The summed E-state index contributed by atoms with van der Waals surface area (Å²) in [5.74, 6) is 3.09. The van der Waals surface area contributed by atoms with Crippen LogP contribution in [0.15, 0.2) is 54.9 Å². The molecule has 0 aliphatic heterocycles. The molecule has 2 aliphatic rings. The number of amides is 2. The van der Waals surface area contributed by atoms with Crippen molar-refractivity contribution in [1.82, 2.24) is 24.3 Å². The normalized spacial score (nSPS) is 15.2. The summed E-state index contributed by atoms with van der Waals surface area (Å²) in [6.45, 7) is 3.26. The first-order chi connectivity index (χ1) is 21.4. The summed E-state index contributed by atoms with van der Waals surface area (Å²) in [4.78, 5) is 43.0. The molecular weight excluding hydrogens is 556 g/mol. The van der Waals surface area contributed by atoms with E-state index < -0.39 is 0 Å². The molecule has 4 aromatic rings. The fourth-order valence-corrected chi connectivity index (χ4v) is 5.20. The van der Waals surface area contributed by atoms with E-state index in [0.29, 0.717) is 42.9 Å². The Kier molecular flexibility index (Phi) is 8.74. The standard InChI is InChI=1S/C33H40N8O3/c1-22(35-30-16-29(34-2)37-32(38-30)25-11-12-25)27-18-40-17-26(24-9-10-24)15-28(33(40)36-27)41(21-42)19-31(43)39(3)13-14-44-20-23-7-5-4-6-8-23/h4-8,15-18,21-22,24-25H,9-14,19-20H2,1-3H3,(H2,34,35,37,38). The van der Waals surface area contributed by atoms with Crippen molar-refractivity contribution >= 4 is 35.3 Å². The van der Waals surface area contributed by atoms with Crippen LogP contribution in [0.25, 0.3) is 5.65 Å². The van der Waals surface area contributed by atoms with Crippen LogP contribution < -0.4 is 15.5 Å². The average Bonchev–Trinajstić information content (AvgIpc) is 3.98. The number of carbonyl (C=O) groups excluding carboxylic acids is 2. The van der Waals surface area contributed by atoms with Crippen LogP contribution in [0, 0.1) is 0 Å². The number of aromatic nitrogens is 4. The maximum Gasteiger partial charge on any atom is 0.242 e. The number of imidazole rings is 1. The molecule has 1 unspecified atom stereocenters. The van der Waals surface area contributed by atoms with Gasteiger partial charge in [-0.2, -0.15) is 0 Å². The Bertz CT molecular complexity index is 1620. The molecule has 11 heteroatoms. The van der Waals surface area contributed by atoms with E-state index in [1.165, 1.54) is 4.90 Å². The van der Waals surface area contributed by atoms with Crippen LogP contribution in [-0.2, 0) is 20.9 Å². The van der Waals surface area contributed by atoms with Crippen LogP contribution in [0.5, 0.6) is 0 Å². The number of hydrogen-bond donors (Lipinski definition) is 2. The lowest BCUT2D eigenvalue weighted by molar-refractivity contribution is -0.129. The highest BCUT2D eigenvalue weighted by Crippen LogP contribution is 2.42. The molecule has 2 N–H and O–H groups in total. The molecule has 6 rings (SSSR count). The van der Waals surface area contributed by atoms with Gasteiger partial charge in [0.05, 0.1) is 30.6 Å². The number of nitrogens with zero attached hydrogens (tertiary/aromatic N) is 6. The third kappa shape index (κ3) is 6.99. The Balaban J connectivity index is 1.17. The van der Waals surface area contributed by atoms with Crippen LogP contribution in [0.2, 0.25) is 0 Å². The van der Waals surface area contributed by atoms with Gasteiger partial charge in [0.25, 0.3) is 0 Å². The third-order valence-electron chi connectivity index (χ3n) is 8.22. The van der Waals surface area contributed by atoms with E-state index in [1.807, 2.05) is 67.0 Å². The van der Waals surface area contributed by atoms with E-state index in [9.17, 15) is 9.59 Å². The number of hydrogen-bond acceptors (Lipinski definition) is 8. The summed E-state index contributed by atoms with van der Waals surface area (Å²) in [5.41, 5.74) is 4.29. The first-order valence-electron chi connectivity index (χ1n) is 15.3. The van der Waals surface area contributed by atoms with Crippen LogP contribution in [-0.4, -0.2) is 70.4 Å². The van der Waals surface area contributed by atoms with E-state index in [0.717, 1.165) is 66.4 Å². The van der Waals surface area contributed by atoms with Gasteiger partial charge in [-0.3, -0.25) is 9.59 Å². The Morgan fingerprint density at radius 3 is 2.52 bits per heavy atom. The van der Waals surface area contributed by atoms with E-state index in [-0.39, 0.29) is 18.5 Å². The molecule has 1 atom stereocenters. The van der Waals surface area contributed by atoms with Gasteiger partial charge >= 0.3 is 0 Å². The van der Waals surface area contributed by atoms with Gasteiger partial charge in [-0.05, 0) is 55.7 Å². The van der Waals surface area contributed by atoms with Crippen molar-refractivity contribution in [2.24, 2.45) is 0 Å². The Morgan fingerprint density at radius 1 is 1.07 bits per heavy atom. The summed E-state index contributed by atoms with van der Waals surface area (Å²) in [7, 11) is 3.59. The van der Waals surface area contributed by atoms with Gasteiger partial charge in [0.15, 0.2) is 5.65 Å². The second-order valence-corrected chi connectivity index (χ2v) is 11.8. The minimum Gasteiger partial charge on any atom is -0.375 e. The number of carbonyl (C=O) groups is 2. The summed E-state index contributed by atoms with van der Waals surface area (Å²) in [6, 6.07) is 13.7. The molecule has 0 radical (unpaired) electrons. The second-order valence-electron chi connectivity index (χ2n) is 11.8. The first kappa shape index (κ1) is 29.6. The predicted octanol–water partition coefficient (Wildman–Crippen LogP) is 4.73. The van der Waals surface area contributed by atoms with Gasteiger partial charge < -0.3 is 29.6 Å². The molecule has 3 heterocycles. The molecule has 2 fully saturated rings. The maximum atomic E-state index is 13.2. The number of likely N-dealkylation sites (N-methyl/N-ethyl adjacent to an activating group) is 1. The zero-order valence-corrected chi connectivity index (χ0v) is 25.6. The number of rotatable bonds is 15. The minimum atomic E-state index is -0.173. The van der Waals surface area contributed by atoms with E-state index in [1.54, 1.807) is 11.9 Å². The number of fused-ring (bicyclic) bond motifs is 1. The summed E-state index contributed by atoms with van der Waals surface area (Å²) in [5, 5.41) is 6.62. The van der Waals surface area contributed by atoms with Crippen LogP contribution >= 0.6 is 0 Å². The molecule has 2 saturated carbocycles. The highest BCUT2D eigenvalue weighted by Gasteiger charge is 2.29. The SMILES string of the molecule is CNc1cc(NC(C)c2cn3cc(C4CC4)cc(N(C=O)CC(=O)N(C)CCOCc4ccccc4)c3n2)nc(C2CC2)n1. The largest absolute Gasteiger partial charge is 0.375 e. The highest BCUT2D eigenvalue weighted by molar-refractivity contribution is 5.92. The van der Waals surface area contributed by atoms with E-state index in [2.05, 4.69) is 21.8 Å². The summed E-state index contributed by atoms with van der Waals surface area (Å²) >= 11 is 0. The fraction of sp³-hybridized carbons (Fsp3) is 0.424. The van der Waals surface area contributed by atoms with Crippen LogP contribution in [0.4, 0.5) is 17.3 Å². The molecule has 3 aromatic heterocycles. The number of pyridine rings is 1. The molecule has 44 heavy (non-hydrogen) atoms. The van der Waals surface area contributed by atoms with Gasteiger partial charge in [0, 0.05) is 45.0 Å². The zero-order valence-electron chi connectivity index (χ0n) is 25.6. The second kappa shape index (κ2) is 13.0. The molecule has 11 nitrogen and oxygen atoms in total. The molecular formula is C33H40N8O3. The fourth-order valence-electron chi connectivity index (χ4n) is 5.20. The lowest BCUT2D eigenvalue weighted by Gasteiger charge is -2.23. The average molecular weight is 597 g/mol. The van der Waals surface area contributed by atoms with Crippen molar-refractivity contribution in [1.29, 1.82) is 0 Å². The summed E-state index contributed by atoms with van der Waals surface area (Å²) < 4.78 is 7.74. The topological polar surface area (TPSA) is 117 Å². The number of anilines is 3. The molecule has 230 valence electrons. The van der Waals surface area contributed by atoms with E-state index >= 15 is 0 Å². The first-order valence-corrected chi connectivity index (χ1v) is 15.3. The molecule has 2 amide bonds. The van der Waals surface area contributed by atoms with Crippen LogP contribution in [0.1, 0.15) is 73.1 Å². The van der Waals surface area contributed by atoms with Gasteiger partial charge in [-0.1, -0.05) is 30.3 Å². The Hall–Kier alpha value is -4.51. The van der Waals surface area contributed by atoms with Crippen molar-refractivity contribution in [2.45, 2.75) is 57.1 Å². The number of benzene rings is 1. The lowest BCUT2D eigenvalue weighted by Crippen LogP contribution is -2.39. The van der Waals surface area contributed by atoms with Gasteiger partial charge in [0.2, 0.25) is 12.3 Å². The van der Waals surface area contributed by atoms with Gasteiger partial charge in [0.1, 0.15) is 24.0 Å². The summed E-state index contributed by atoms with van der Waals surface area (Å²) in [6.07, 6.45) is 9.27. The lowest BCUT2D eigenvalue weighted by atomic mass is 10.1. The molecule has 0 spiro atoms. The quantitative estimate of drug-likeness (QED) is 0.149. The molecule has 1 aromatic carbocycles.